The minimum absolute atomic E-state index is 0. The molecule has 2 saturated heterocycles. The molecule has 2 heterocycles. The molecule has 4 spiro atoms. The SMILES string of the molecule is C.C.C.C=C1C(=O)[C@]23CC[C@H]1CC2[C@@]12CCC[C@@](C)(C(=O)OC1=O)C2CC3=O.C=C1C(=O)[C@]23CC[C@H]1CC2[C@]1(C(=O)O)CCC[C@@](C)(CO)C1C[C@H]3O.C=C1[C@H]2CC[C@]3(C(C2)[C@@]24CCC[C@@](C)(COC2=O)C4C[C@H]3O)[C@H]1O.C=C1[C@H]2CC[C@]3(C(C2)[C@]2(C(=O)O)CCC[C@@](C)(CO)C2C[C@H]3O)[C@H]1O.[SH-]. The number of hydrogen-bond acceptors (Lipinski definition) is 18. The monoisotopic (exact) mass is 1450 g/mol. The first-order valence-electron chi connectivity index (χ1n) is 38.0. The molecule has 574 valence electrons. The van der Waals surface area contributed by atoms with Crippen molar-refractivity contribution in [1.29, 1.82) is 0 Å². The number of Topliss-reactive ketones (excluding diaryl/α,β-unsaturated/α-hetero) is 3. The minimum Gasteiger partial charge on any atom is -0.813 e. The Morgan fingerprint density at radius 3 is 1.45 bits per heavy atom. The largest absolute Gasteiger partial charge is 0.813 e. The van der Waals surface area contributed by atoms with E-state index >= 15 is 0 Å². The van der Waals surface area contributed by atoms with Gasteiger partial charge in [-0.1, -0.05) is 95.1 Å². The van der Waals surface area contributed by atoms with Crippen LogP contribution in [-0.2, 0) is 61.3 Å². The molecule has 0 aromatic carbocycles. The van der Waals surface area contributed by atoms with Gasteiger partial charge in [0.25, 0.3) is 0 Å². The second-order valence-corrected chi connectivity index (χ2v) is 37.2. The molecule has 0 aromatic heterocycles. The topological polar surface area (TPSA) is 337 Å². The summed E-state index contributed by atoms with van der Waals surface area (Å²) in [7, 11) is 0. The summed E-state index contributed by atoms with van der Waals surface area (Å²) in [6.07, 6.45) is 15.8. The molecule has 22 aliphatic rings. The Morgan fingerprint density at radius 1 is 0.447 bits per heavy atom. The maximum Gasteiger partial charge on any atom is 0.320 e. The van der Waals surface area contributed by atoms with Crippen LogP contribution in [0.25, 0.3) is 0 Å². The molecule has 9 N–H and O–H groups in total. The summed E-state index contributed by atoms with van der Waals surface area (Å²) in [5.74, 6) is -4.07. The van der Waals surface area contributed by atoms with Crippen LogP contribution in [0.5, 0.6) is 0 Å². The van der Waals surface area contributed by atoms with Crippen molar-refractivity contribution in [3.05, 3.63) is 48.6 Å². The summed E-state index contributed by atoms with van der Waals surface area (Å²) in [5.41, 5.74) is -5.80. The average molecular weight is 1450 g/mol. The average Bonchev–Trinajstić information content (AvgIpc) is 0.688. The molecule has 0 amide bonds. The second kappa shape index (κ2) is 25.9. The van der Waals surface area contributed by atoms with E-state index in [1.807, 2.05) is 20.8 Å². The fraction of sp³-hybridized carbons (Fsp3) is 0.807. The lowest BCUT2D eigenvalue weighted by Gasteiger charge is -2.71. The zero-order valence-corrected chi connectivity index (χ0v) is 60.0. The highest BCUT2D eigenvalue weighted by molar-refractivity contribution is 7.37. The van der Waals surface area contributed by atoms with Gasteiger partial charge in [-0.3, -0.25) is 38.4 Å². The molecular weight excluding hydrogens is 1330 g/mol. The summed E-state index contributed by atoms with van der Waals surface area (Å²) in [5, 5.41) is 96.3. The number of carboxylic acids is 2. The third-order valence-corrected chi connectivity index (χ3v) is 34.5. The van der Waals surface area contributed by atoms with Gasteiger partial charge in [-0.05, 0) is 259 Å². The molecule has 29 atom stereocenters. The Morgan fingerprint density at radius 2 is 0.893 bits per heavy atom. The maximum absolute atomic E-state index is 13.3. The first kappa shape index (κ1) is 79.6. The van der Waals surface area contributed by atoms with Crippen LogP contribution >= 0.6 is 0 Å². The van der Waals surface area contributed by atoms with Crippen molar-refractivity contribution < 1.29 is 93.8 Å². The number of fused-ring (bicyclic) bond motifs is 10. The number of esters is 3. The predicted molar refractivity (Wildman–Crippen MR) is 385 cm³/mol. The number of aliphatic carboxylic acids is 2. The van der Waals surface area contributed by atoms with Gasteiger partial charge in [0.15, 0.2) is 11.6 Å². The van der Waals surface area contributed by atoms with Crippen LogP contribution in [0.15, 0.2) is 48.6 Å². The molecule has 20 saturated carbocycles. The number of hydrogen-bond donors (Lipinski definition) is 9. The summed E-state index contributed by atoms with van der Waals surface area (Å²) in [6, 6.07) is 0. The summed E-state index contributed by atoms with van der Waals surface area (Å²) < 4.78 is 11.0. The molecule has 8 unspecified atom stereocenters. The third-order valence-electron chi connectivity index (χ3n) is 34.5. The number of aliphatic hydroxyl groups is 7. The summed E-state index contributed by atoms with van der Waals surface area (Å²) in [4.78, 5) is 103. The van der Waals surface area contributed by atoms with Crippen molar-refractivity contribution in [3.63, 3.8) is 0 Å². The van der Waals surface area contributed by atoms with E-state index in [2.05, 4.69) is 33.2 Å². The number of cyclic esters (lactones) is 3. The number of allylic oxidation sites excluding steroid dienone is 2. The van der Waals surface area contributed by atoms with Crippen molar-refractivity contribution >= 4 is 60.7 Å². The quantitative estimate of drug-likeness (QED) is 0.0315. The smallest absolute Gasteiger partial charge is 0.320 e. The van der Waals surface area contributed by atoms with Crippen LogP contribution in [0.4, 0.5) is 0 Å². The number of rotatable bonds is 4. The van der Waals surface area contributed by atoms with Crippen molar-refractivity contribution in [1.82, 2.24) is 0 Å². The number of aliphatic hydroxyl groups excluding tert-OH is 7. The number of carbonyl (C=O) groups excluding carboxylic acids is 6. The molecule has 20 heteroatoms. The van der Waals surface area contributed by atoms with E-state index in [1.54, 1.807) is 0 Å². The molecule has 0 radical (unpaired) electrons. The van der Waals surface area contributed by atoms with E-state index in [4.69, 9.17) is 9.47 Å². The van der Waals surface area contributed by atoms with Crippen molar-refractivity contribution in [3.8, 4) is 0 Å². The van der Waals surface area contributed by atoms with E-state index in [0.29, 0.717) is 94.8 Å². The molecule has 22 rings (SSSR count). The molecule has 12 bridgehead atoms. The maximum atomic E-state index is 13.3. The van der Waals surface area contributed by atoms with Gasteiger partial charge >= 0.3 is 29.8 Å². The van der Waals surface area contributed by atoms with Crippen molar-refractivity contribution in [2.24, 2.45) is 136 Å². The standard InChI is InChI=1S/C20H22O5.C20H30O5.C20H28O5.C20H28O4.3CH4.H2S/c1-10-11-4-7-20(15(10)22)13(8-11)19-6-3-5-18(2,12(19)9-14(20)21)16(23)25-17(19)24;2*1-11-12-4-7-20(16(11)23)14(8-12)19(17(24)25)6-3-5-18(2,10-21)13(19)9-15(20)22;1-11-12-4-7-20(16(11)22)14(8-12)19-6-3-5-18(2,10-24-17(19)23)13(19)9-15(20)21;;;;/h11-13H,1,3-9H2,2H3;12-16,21-23H,1,3-10H2,2H3,(H,24,25);12-15,21-22H,1,3-10H2,2H3,(H,24,25);12-16,21-22H,1,3-10H2,2H3;3*1H4;1H2/p-1/t11-,12?,13?,18+,19-,20+;12-,13?,14?,15+,16-,18-,19-,20+;12-,13?,14?,15+,18-,19-,20+;12-,13?,14?,15+,16-,18-,19-,20+;;;;/m0000..../s1. The molecule has 103 heavy (non-hydrogen) atoms. The van der Waals surface area contributed by atoms with Gasteiger partial charge in [0.2, 0.25) is 0 Å². The van der Waals surface area contributed by atoms with Crippen molar-refractivity contribution in [2.75, 3.05) is 19.8 Å². The highest BCUT2D eigenvalue weighted by Crippen LogP contribution is 2.78. The lowest BCUT2D eigenvalue weighted by atomic mass is 9.34. The van der Waals surface area contributed by atoms with Crippen LogP contribution in [0.2, 0.25) is 0 Å². The number of ketones is 3. The Bertz CT molecular complexity index is 3600. The van der Waals surface area contributed by atoms with Crippen LogP contribution in [0.3, 0.4) is 0 Å². The van der Waals surface area contributed by atoms with Crippen LogP contribution in [-0.4, -0.2) is 143 Å². The molecule has 22 fully saturated rings. The van der Waals surface area contributed by atoms with Gasteiger partial charge in [-0.15, -0.1) is 0 Å². The lowest BCUT2D eigenvalue weighted by molar-refractivity contribution is -0.278. The third kappa shape index (κ3) is 9.55. The predicted octanol–water partition coefficient (Wildman–Crippen LogP) is 10.6. The summed E-state index contributed by atoms with van der Waals surface area (Å²) >= 11 is 0. The molecule has 0 aromatic rings. The number of ether oxygens (including phenoxy) is 2. The van der Waals surface area contributed by atoms with E-state index in [1.165, 1.54) is 0 Å². The lowest BCUT2D eigenvalue weighted by Crippen LogP contribution is -2.73. The van der Waals surface area contributed by atoms with Gasteiger partial charge in [-0.25, -0.2) is 0 Å². The second-order valence-electron chi connectivity index (χ2n) is 37.2. The normalized spacial score (nSPS) is 51.9. The number of carboxylic acid groups (broad SMARTS) is 2. The zero-order chi connectivity index (χ0) is 71.1. The van der Waals surface area contributed by atoms with E-state index in [-0.39, 0.29) is 162 Å². The Hall–Kier alpha value is -4.41. The molecule has 19 nitrogen and oxygen atoms in total. The van der Waals surface area contributed by atoms with E-state index < -0.39 is 114 Å². The van der Waals surface area contributed by atoms with Crippen LogP contribution in [0, 0.1) is 136 Å². The number of thiol groups is 1. The van der Waals surface area contributed by atoms with Gasteiger partial charge in [0.05, 0.1) is 75.0 Å². The van der Waals surface area contributed by atoms with Gasteiger partial charge in [0, 0.05) is 35.9 Å². The zero-order valence-electron chi connectivity index (χ0n) is 59.1. The first-order chi connectivity index (χ1) is 46.6. The molecule has 20 aliphatic carbocycles. The molecule has 2 aliphatic heterocycles. The Balaban J connectivity index is 0.000000136. The number of carbonyl (C=O) groups is 8. The van der Waals surface area contributed by atoms with E-state index in [9.17, 15) is 84.3 Å². The minimum atomic E-state index is -1.10. The van der Waals surface area contributed by atoms with E-state index in [0.717, 1.165) is 101 Å². The fourth-order valence-corrected chi connectivity index (χ4v) is 29.5. The van der Waals surface area contributed by atoms with Crippen molar-refractivity contribution in [2.45, 2.75) is 260 Å². The van der Waals surface area contributed by atoms with Gasteiger partial charge < -0.3 is 68.9 Å². The van der Waals surface area contributed by atoms with Crippen LogP contribution < -0.4 is 0 Å². The first-order valence-corrected chi connectivity index (χ1v) is 38.0. The Kier molecular flexibility index (Phi) is 20.0. The highest BCUT2D eigenvalue weighted by Gasteiger charge is 2.80. The fourth-order valence-electron chi connectivity index (χ4n) is 29.5. The Labute approximate surface area is 616 Å². The van der Waals surface area contributed by atoms with Gasteiger partial charge in [-0.2, -0.15) is 0 Å². The highest BCUT2D eigenvalue weighted by atomic mass is 32.1. The van der Waals surface area contributed by atoms with Crippen LogP contribution in [0.1, 0.15) is 230 Å². The summed E-state index contributed by atoms with van der Waals surface area (Å²) in [6.45, 7) is 24.5. The van der Waals surface area contributed by atoms with Gasteiger partial charge in [0.1, 0.15) is 5.78 Å². The molecular formula is C83H121O19S-.